The van der Waals surface area contributed by atoms with Crippen LogP contribution in [-0.4, -0.2) is 60.4 Å². The van der Waals surface area contributed by atoms with Gasteiger partial charge < -0.3 is 30.5 Å². The number of aromatic amines is 2. The first-order valence-electron chi connectivity index (χ1n) is 5.03. The number of hydrogen-bond acceptors (Lipinski definition) is 7. The summed E-state index contributed by atoms with van der Waals surface area (Å²) in [6.45, 7) is -0.823. The van der Waals surface area contributed by atoms with E-state index in [-0.39, 0.29) is 5.69 Å². The molecule has 0 aromatic carbocycles. The zero-order valence-electron chi connectivity index (χ0n) is 9.15. The van der Waals surface area contributed by atoms with Gasteiger partial charge in [0.2, 0.25) is 0 Å². The SMILES string of the molecule is O=c1cc(C(O)C(O)C(O)C(O)CO)[nH]c(=O)[nH]1. The van der Waals surface area contributed by atoms with Crippen molar-refractivity contribution in [3.05, 3.63) is 32.6 Å². The molecule has 0 radical (unpaired) electrons. The molecule has 0 amide bonds. The summed E-state index contributed by atoms with van der Waals surface area (Å²) >= 11 is 0. The van der Waals surface area contributed by atoms with E-state index < -0.39 is 42.3 Å². The van der Waals surface area contributed by atoms with Gasteiger partial charge in [0.05, 0.1) is 12.3 Å². The topological polar surface area (TPSA) is 167 Å². The Morgan fingerprint density at radius 3 is 2.17 bits per heavy atom. The van der Waals surface area contributed by atoms with Crippen LogP contribution in [0.15, 0.2) is 15.7 Å². The smallest absolute Gasteiger partial charge is 0.325 e. The van der Waals surface area contributed by atoms with E-state index in [1.807, 2.05) is 4.98 Å². The summed E-state index contributed by atoms with van der Waals surface area (Å²) in [5.41, 5.74) is -2.00. The molecule has 7 N–H and O–H groups in total. The molecule has 0 fully saturated rings. The Balaban J connectivity index is 2.95. The van der Waals surface area contributed by atoms with Crippen LogP contribution in [-0.2, 0) is 0 Å². The third-order valence-electron chi connectivity index (χ3n) is 2.35. The Morgan fingerprint density at radius 1 is 1.06 bits per heavy atom. The van der Waals surface area contributed by atoms with E-state index in [1.54, 1.807) is 0 Å². The first kappa shape index (κ1) is 14.5. The van der Waals surface area contributed by atoms with Crippen molar-refractivity contribution in [3.8, 4) is 0 Å². The van der Waals surface area contributed by atoms with Gasteiger partial charge in [0.25, 0.3) is 5.56 Å². The van der Waals surface area contributed by atoms with Crippen LogP contribution in [0.2, 0.25) is 0 Å². The fourth-order valence-electron chi connectivity index (χ4n) is 1.35. The highest BCUT2D eigenvalue weighted by Gasteiger charge is 2.31. The van der Waals surface area contributed by atoms with E-state index in [2.05, 4.69) is 4.98 Å². The lowest BCUT2D eigenvalue weighted by Crippen LogP contribution is -2.43. The van der Waals surface area contributed by atoms with Crippen molar-refractivity contribution in [2.24, 2.45) is 0 Å². The Morgan fingerprint density at radius 2 is 1.67 bits per heavy atom. The molecule has 1 rings (SSSR count). The number of H-pyrrole nitrogens is 2. The fraction of sp³-hybridized carbons (Fsp3) is 0.556. The van der Waals surface area contributed by atoms with Gasteiger partial charge in [0.15, 0.2) is 0 Å². The molecule has 0 spiro atoms. The lowest BCUT2D eigenvalue weighted by Gasteiger charge is -2.25. The van der Waals surface area contributed by atoms with E-state index >= 15 is 0 Å². The van der Waals surface area contributed by atoms with Gasteiger partial charge in [0, 0.05) is 6.07 Å². The van der Waals surface area contributed by atoms with Crippen molar-refractivity contribution in [2.45, 2.75) is 24.4 Å². The highest BCUT2D eigenvalue weighted by molar-refractivity contribution is 5.05. The largest absolute Gasteiger partial charge is 0.394 e. The number of aliphatic hydroxyl groups excluding tert-OH is 5. The Labute approximate surface area is 100.0 Å². The first-order valence-corrected chi connectivity index (χ1v) is 5.03. The van der Waals surface area contributed by atoms with Crippen LogP contribution in [0.5, 0.6) is 0 Å². The van der Waals surface area contributed by atoms with Crippen molar-refractivity contribution in [2.75, 3.05) is 6.61 Å². The van der Waals surface area contributed by atoms with Gasteiger partial charge in [-0.25, -0.2) is 4.79 Å². The van der Waals surface area contributed by atoms with Gasteiger partial charge in [-0.05, 0) is 0 Å². The molecule has 0 saturated heterocycles. The van der Waals surface area contributed by atoms with Gasteiger partial charge >= 0.3 is 5.69 Å². The summed E-state index contributed by atoms with van der Waals surface area (Å²) in [4.78, 5) is 25.8. The molecule has 9 heteroatoms. The molecule has 4 unspecified atom stereocenters. The van der Waals surface area contributed by atoms with Crippen molar-refractivity contribution in [3.63, 3.8) is 0 Å². The zero-order valence-corrected chi connectivity index (χ0v) is 9.15. The molecule has 1 aromatic rings. The molecule has 9 nitrogen and oxygen atoms in total. The molecule has 0 saturated carbocycles. The molecular weight excluding hydrogens is 248 g/mol. The molecule has 18 heavy (non-hydrogen) atoms. The maximum Gasteiger partial charge on any atom is 0.325 e. The molecule has 4 atom stereocenters. The Bertz CT molecular complexity index is 468. The number of aromatic nitrogens is 2. The third kappa shape index (κ3) is 3.24. The first-order chi connectivity index (χ1) is 8.36. The van der Waals surface area contributed by atoms with Crippen LogP contribution < -0.4 is 11.2 Å². The molecule has 0 bridgehead atoms. The van der Waals surface area contributed by atoms with Gasteiger partial charge in [-0.15, -0.1) is 0 Å². The average Bonchev–Trinajstić information content (AvgIpc) is 2.33. The summed E-state index contributed by atoms with van der Waals surface area (Å²) in [7, 11) is 0. The summed E-state index contributed by atoms with van der Waals surface area (Å²) in [6, 6.07) is 0.827. The average molecular weight is 262 g/mol. The van der Waals surface area contributed by atoms with Gasteiger partial charge in [-0.1, -0.05) is 0 Å². The lowest BCUT2D eigenvalue weighted by molar-refractivity contribution is -0.117. The Kier molecular flexibility index (Phi) is 4.76. The molecular formula is C9H14N2O7. The van der Waals surface area contributed by atoms with Crippen LogP contribution in [0, 0.1) is 0 Å². The van der Waals surface area contributed by atoms with Gasteiger partial charge in [0.1, 0.15) is 24.4 Å². The van der Waals surface area contributed by atoms with E-state index in [0.717, 1.165) is 6.07 Å². The van der Waals surface area contributed by atoms with Crippen molar-refractivity contribution < 1.29 is 25.5 Å². The van der Waals surface area contributed by atoms with Gasteiger partial charge in [-0.3, -0.25) is 9.78 Å². The number of aliphatic hydroxyl groups is 5. The van der Waals surface area contributed by atoms with Crippen LogP contribution in [0.25, 0.3) is 0 Å². The van der Waals surface area contributed by atoms with Crippen molar-refractivity contribution in [1.29, 1.82) is 0 Å². The molecule has 0 aliphatic rings. The quantitative estimate of drug-likeness (QED) is 0.285. The second-order valence-electron chi connectivity index (χ2n) is 3.72. The van der Waals surface area contributed by atoms with Crippen molar-refractivity contribution >= 4 is 0 Å². The fourth-order valence-corrected chi connectivity index (χ4v) is 1.35. The number of rotatable bonds is 5. The predicted octanol–water partition coefficient (Wildman–Crippen LogP) is -3.83. The minimum absolute atomic E-state index is 0.319. The monoisotopic (exact) mass is 262 g/mol. The summed E-state index contributed by atoms with van der Waals surface area (Å²) < 4.78 is 0. The van der Waals surface area contributed by atoms with Crippen molar-refractivity contribution in [1.82, 2.24) is 9.97 Å². The molecule has 0 aliphatic heterocycles. The molecule has 1 heterocycles. The minimum atomic E-state index is -1.88. The highest BCUT2D eigenvalue weighted by atomic mass is 16.4. The van der Waals surface area contributed by atoms with Crippen LogP contribution >= 0.6 is 0 Å². The highest BCUT2D eigenvalue weighted by Crippen LogP contribution is 2.16. The second-order valence-corrected chi connectivity index (χ2v) is 3.72. The van der Waals surface area contributed by atoms with E-state index in [0.29, 0.717) is 0 Å². The number of nitrogens with one attached hydrogen (secondary N) is 2. The predicted molar refractivity (Wildman–Crippen MR) is 57.7 cm³/mol. The normalized spacial score (nSPS) is 18.1. The minimum Gasteiger partial charge on any atom is -0.394 e. The maximum atomic E-state index is 11.0. The summed E-state index contributed by atoms with van der Waals surface area (Å²) in [5, 5.41) is 46.2. The third-order valence-corrected chi connectivity index (χ3v) is 2.35. The Hall–Kier alpha value is -1.52. The summed E-state index contributed by atoms with van der Waals surface area (Å²) in [5.74, 6) is 0. The number of hydrogen-bond donors (Lipinski definition) is 7. The van der Waals surface area contributed by atoms with E-state index in [4.69, 9.17) is 10.2 Å². The molecule has 1 aromatic heterocycles. The van der Waals surface area contributed by atoms with Gasteiger partial charge in [-0.2, -0.15) is 0 Å². The van der Waals surface area contributed by atoms with E-state index in [9.17, 15) is 24.9 Å². The summed E-state index contributed by atoms with van der Waals surface area (Å²) in [6.07, 6.45) is -7.18. The zero-order chi connectivity index (χ0) is 13.9. The lowest BCUT2D eigenvalue weighted by atomic mass is 10.0. The second kappa shape index (κ2) is 5.89. The standard InChI is InChI=1S/C9H14N2O7/c12-2-4(13)7(16)8(17)6(15)3-1-5(14)11-9(18)10-3/h1,4,6-8,12-13,15-17H,2H2,(H2,10,11,14,18). The maximum absolute atomic E-state index is 11.0. The molecule has 0 aliphatic carbocycles. The van der Waals surface area contributed by atoms with Crippen LogP contribution in [0.3, 0.4) is 0 Å². The van der Waals surface area contributed by atoms with E-state index in [1.165, 1.54) is 0 Å². The van der Waals surface area contributed by atoms with Crippen LogP contribution in [0.1, 0.15) is 11.8 Å². The van der Waals surface area contributed by atoms with Crippen LogP contribution in [0.4, 0.5) is 0 Å². The molecule has 102 valence electrons.